The van der Waals surface area contributed by atoms with Gasteiger partial charge in [0, 0.05) is 0 Å². The molecule has 0 aromatic rings. The Hall–Kier alpha value is -0.570. The summed E-state index contributed by atoms with van der Waals surface area (Å²) in [5, 5.41) is 9.99. The van der Waals surface area contributed by atoms with Crippen molar-refractivity contribution in [2.45, 2.75) is 52.6 Å². The number of hydrogen-bond donors (Lipinski definition) is 1. The van der Waals surface area contributed by atoms with E-state index in [1.807, 2.05) is 0 Å². The van der Waals surface area contributed by atoms with Crippen LogP contribution in [0.2, 0.25) is 0 Å². The van der Waals surface area contributed by atoms with Crippen LogP contribution in [0.5, 0.6) is 0 Å². The molecule has 0 radical (unpaired) electrons. The van der Waals surface area contributed by atoms with Crippen molar-refractivity contribution in [1.29, 1.82) is 0 Å². The van der Waals surface area contributed by atoms with Crippen molar-refractivity contribution in [3.63, 3.8) is 0 Å². The van der Waals surface area contributed by atoms with Gasteiger partial charge in [-0.05, 0) is 32.1 Å². The Labute approximate surface area is 86.5 Å². The Morgan fingerprint density at radius 3 is 2.36 bits per heavy atom. The summed E-state index contributed by atoms with van der Waals surface area (Å²) in [7, 11) is 0. The molecule has 0 heterocycles. The van der Waals surface area contributed by atoms with E-state index in [-0.39, 0.29) is 0 Å². The van der Waals surface area contributed by atoms with Crippen LogP contribution < -0.4 is 0 Å². The molecular weight excluding hydrogens is 180 g/mol. The van der Waals surface area contributed by atoms with Crippen LogP contribution in [-0.2, 0) is 9.53 Å². The lowest BCUT2D eigenvalue weighted by atomic mass is 9.91. The first-order valence-corrected chi connectivity index (χ1v) is 5.35. The van der Waals surface area contributed by atoms with Crippen molar-refractivity contribution >= 4 is 5.97 Å². The van der Waals surface area contributed by atoms with E-state index in [9.17, 15) is 9.90 Å². The summed E-state index contributed by atoms with van der Waals surface area (Å²) in [6.45, 7) is 8.01. The van der Waals surface area contributed by atoms with E-state index < -0.39 is 11.6 Å². The molecule has 0 saturated heterocycles. The molecule has 3 heteroatoms. The first-order valence-electron chi connectivity index (χ1n) is 5.35. The molecule has 0 aliphatic rings. The van der Waals surface area contributed by atoms with Gasteiger partial charge in [-0.1, -0.05) is 20.8 Å². The monoisotopic (exact) mass is 202 g/mol. The predicted octanol–water partition coefficient (Wildman–Crippen LogP) is 2.13. The molecule has 0 spiro atoms. The molecule has 1 N–H and O–H groups in total. The van der Waals surface area contributed by atoms with Gasteiger partial charge >= 0.3 is 5.97 Å². The van der Waals surface area contributed by atoms with Crippen LogP contribution in [0.25, 0.3) is 0 Å². The molecule has 0 amide bonds. The Morgan fingerprint density at radius 2 is 2.00 bits per heavy atom. The largest absolute Gasteiger partial charge is 0.464 e. The summed E-state index contributed by atoms with van der Waals surface area (Å²) >= 11 is 0. The molecule has 0 aromatic carbocycles. The second kappa shape index (κ2) is 6.02. The van der Waals surface area contributed by atoms with Crippen molar-refractivity contribution in [3.05, 3.63) is 0 Å². The average Bonchev–Trinajstić information content (AvgIpc) is 2.14. The molecular formula is C11H22O3. The molecule has 0 rings (SSSR count). The SMILES string of the molecule is CCOC(=O)[C@](O)(CC)CCC(C)C. The maximum Gasteiger partial charge on any atom is 0.338 e. The van der Waals surface area contributed by atoms with Gasteiger partial charge in [-0.3, -0.25) is 0 Å². The number of esters is 1. The van der Waals surface area contributed by atoms with Crippen molar-refractivity contribution in [3.8, 4) is 0 Å². The van der Waals surface area contributed by atoms with Crippen LogP contribution in [0.4, 0.5) is 0 Å². The fraction of sp³-hybridized carbons (Fsp3) is 0.909. The normalized spacial score (nSPS) is 15.3. The van der Waals surface area contributed by atoms with Gasteiger partial charge in [0.25, 0.3) is 0 Å². The molecule has 0 unspecified atom stereocenters. The van der Waals surface area contributed by atoms with Gasteiger partial charge in [0.2, 0.25) is 0 Å². The molecule has 0 bridgehead atoms. The Balaban J connectivity index is 4.23. The number of hydrogen-bond acceptors (Lipinski definition) is 3. The highest BCUT2D eigenvalue weighted by Gasteiger charge is 2.35. The summed E-state index contributed by atoms with van der Waals surface area (Å²) in [4.78, 5) is 11.4. The molecule has 1 atom stereocenters. The summed E-state index contributed by atoms with van der Waals surface area (Å²) in [5.41, 5.74) is -1.28. The van der Waals surface area contributed by atoms with Crippen LogP contribution in [0.1, 0.15) is 47.0 Å². The third kappa shape index (κ3) is 4.09. The minimum atomic E-state index is -1.28. The van der Waals surface area contributed by atoms with Gasteiger partial charge in [0.1, 0.15) is 0 Å². The summed E-state index contributed by atoms with van der Waals surface area (Å²) in [5.74, 6) is 0.00523. The zero-order chi connectivity index (χ0) is 11.2. The number of ether oxygens (including phenoxy) is 1. The Kier molecular flexibility index (Phi) is 5.77. The quantitative estimate of drug-likeness (QED) is 0.671. The fourth-order valence-corrected chi connectivity index (χ4v) is 1.22. The third-order valence-electron chi connectivity index (χ3n) is 2.38. The minimum Gasteiger partial charge on any atom is -0.464 e. The van der Waals surface area contributed by atoms with E-state index >= 15 is 0 Å². The van der Waals surface area contributed by atoms with E-state index in [4.69, 9.17) is 4.74 Å². The van der Waals surface area contributed by atoms with Gasteiger partial charge in [0.15, 0.2) is 5.60 Å². The summed E-state index contributed by atoms with van der Waals surface area (Å²) < 4.78 is 4.84. The van der Waals surface area contributed by atoms with E-state index in [0.717, 1.165) is 6.42 Å². The van der Waals surface area contributed by atoms with Crippen LogP contribution in [-0.4, -0.2) is 23.3 Å². The van der Waals surface area contributed by atoms with E-state index in [2.05, 4.69) is 13.8 Å². The molecule has 84 valence electrons. The lowest BCUT2D eigenvalue weighted by Crippen LogP contribution is -2.39. The van der Waals surface area contributed by atoms with Gasteiger partial charge in [-0.25, -0.2) is 4.79 Å². The number of carbonyl (C=O) groups excluding carboxylic acids is 1. The number of carbonyl (C=O) groups is 1. The zero-order valence-corrected chi connectivity index (χ0v) is 9.67. The Morgan fingerprint density at radius 1 is 1.43 bits per heavy atom. The minimum absolute atomic E-state index is 0.322. The summed E-state index contributed by atoms with van der Waals surface area (Å²) in [6, 6.07) is 0. The van der Waals surface area contributed by atoms with Gasteiger partial charge < -0.3 is 9.84 Å². The van der Waals surface area contributed by atoms with E-state index in [1.54, 1.807) is 13.8 Å². The molecule has 0 aliphatic heterocycles. The van der Waals surface area contributed by atoms with Crippen LogP contribution in [0.15, 0.2) is 0 Å². The topological polar surface area (TPSA) is 46.5 Å². The highest BCUT2D eigenvalue weighted by atomic mass is 16.5. The maximum atomic E-state index is 11.4. The van der Waals surface area contributed by atoms with Gasteiger partial charge in [-0.15, -0.1) is 0 Å². The molecule has 14 heavy (non-hydrogen) atoms. The summed E-state index contributed by atoms with van der Waals surface area (Å²) in [6.07, 6.45) is 1.74. The van der Waals surface area contributed by atoms with Gasteiger partial charge in [-0.2, -0.15) is 0 Å². The first kappa shape index (κ1) is 13.4. The standard InChI is InChI=1S/C11H22O3/c1-5-11(13,8-7-9(3)4)10(12)14-6-2/h9,13H,5-8H2,1-4H3/t11-/m0/s1. The fourth-order valence-electron chi connectivity index (χ4n) is 1.22. The lowest BCUT2D eigenvalue weighted by Gasteiger charge is -2.24. The van der Waals surface area contributed by atoms with E-state index in [1.165, 1.54) is 0 Å². The zero-order valence-electron chi connectivity index (χ0n) is 9.67. The van der Waals surface area contributed by atoms with Crippen LogP contribution >= 0.6 is 0 Å². The Bertz CT molecular complexity index is 177. The number of aliphatic hydroxyl groups is 1. The molecule has 0 fully saturated rings. The second-order valence-corrected chi connectivity index (χ2v) is 4.04. The van der Waals surface area contributed by atoms with Crippen molar-refractivity contribution in [2.24, 2.45) is 5.92 Å². The highest BCUT2D eigenvalue weighted by Crippen LogP contribution is 2.21. The van der Waals surface area contributed by atoms with E-state index in [0.29, 0.717) is 25.4 Å². The van der Waals surface area contributed by atoms with Gasteiger partial charge in [0.05, 0.1) is 6.61 Å². The molecule has 0 saturated carbocycles. The third-order valence-corrected chi connectivity index (χ3v) is 2.38. The van der Waals surface area contributed by atoms with Crippen molar-refractivity contribution in [2.75, 3.05) is 6.61 Å². The lowest BCUT2D eigenvalue weighted by molar-refractivity contribution is -0.166. The van der Waals surface area contributed by atoms with Crippen molar-refractivity contribution in [1.82, 2.24) is 0 Å². The number of rotatable bonds is 6. The predicted molar refractivity (Wildman–Crippen MR) is 55.9 cm³/mol. The highest BCUT2D eigenvalue weighted by molar-refractivity contribution is 5.79. The van der Waals surface area contributed by atoms with Crippen LogP contribution in [0, 0.1) is 5.92 Å². The first-order chi connectivity index (χ1) is 6.46. The molecule has 0 aromatic heterocycles. The smallest absolute Gasteiger partial charge is 0.338 e. The second-order valence-electron chi connectivity index (χ2n) is 4.04. The van der Waals surface area contributed by atoms with Crippen molar-refractivity contribution < 1.29 is 14.6 Å². The molecule has 3 nitrogen and oxygen atoms in total. The maximum absolute atomic E-state index is 11.4. The molecule has 0 aliphatic carbocycles. The van der Waals surface area contributed by atoms with Crippen LogP contribution in [0.3, 0.4) is 0 Å². The average molecular weight is 202 g/mol.